The van der Waals surface area contributed by atoms with Crippen molar-refractivity contribution in [2.75, 3.05) is 0 Å². The number of aromatic nitrogens is 3. The first-order valence-electron chi connectivity index (χ1n) is 7.57. The fourth-order valence-electron chi connectivity index (χ4n) is 3.62. The van der Waals surface area contributed by atoms with Crippen molar-refractivity contribution in [3.05, 3.63) is 24.3 Å². The summed E-state index contributed by atoms with van der Waals surface area (Å²) in [6, 6.07) is 1.91. The van der Waals surface area contributed by atoms with Crippen molar-refractivity contribution < 1.29 is 9.90 Å². The van der Waals surface area contributed by atoms with Crippen molar-refractivity contribution in [3.8, 4) is 0 Å². The Labute approximate surface area is 124 Å². The maximum absolute atomic E-state index is 11.3. The molecule has 1 aliphatic rings. The number of carboxylic acids is 1. The van der Waals surface area contributed by atoms with E-state index in [1.807, 2.05) is 19.3 Å². The molecule has 0 amide bonds. The molecule has 0 unspecified atom stereocenters. The molecule has 5 heteroatoms. The molecule has 0 saturated heterocycles. The highest BCUT2D eigenvalue weighted by molar-refractivity contribution is 5.74. The van der Waals surface area contributed by atoms with E-state index in [0.29, 0.717) is 0 Å². The van der Waals surface area contributed by atoms with Crippen LogP contribution in [0.15, 0.2) is 18.5 Å². The van der Waals surface area contributed by atoms with Crippen LogP contribution in [0, 0.1) is 5.41 Å². The molecular weight excluding hydrogens is 266 g/mol. The van der Waals surface area contributed by atoms with Gasteiger partial charge in [-0.2, -0.15) is 0 Å². The Morgan fingerprint density at radius 3 is 2.81 bits per heavy atom. The van der Waals surface area contributed by atoms with E-state index < -0.39 is 5.97 Å². The van der Waals surface area contributed by atoms with E-state index in [-0.39, 0.29) is 11.8 Å². The summed E-state index contributed by atoms with van der Waals surface area (Å²) in [4.78, 5) is 20.1. The van der Waals surface area contributed by atoms with Gasteiger partial charge in [-0.15, -0.1) is 0 Å². The summed E-state index contributed by atoms with van der Waals surface area (Å²) in [6.45, 7) is 0. The van der Waals surface area contributed by atoms with E-state index in [0.717, 1.165) is 49.0 Å². The zero-order chi connectivity index (χ0) is 14.9. The molecule has 2 aromatic rings. The first-order chi connectivity index (χ1) is 10.1. The van der Waals surface area contributed by atoms with Crippen molar-refractivity contribution in [1.29, 1.82) is 0 Å². The van der Waals surface area contributed by atoms with Gasteiger partial charge < -0.3 is 9.67 Å². The third kappa shape index (κ3) is 2.77. The van der Waals surface area contributed by atoms with E-state index in [9.17, 15) is 9.90 Å². The van der Waals surface area contributed by atoms with Crippen LogP contribution in [0.3, 0.4) is 0 Å². The number of pyridine rings is 1. The number of aryl methyl sites for hydroxylation is 1. The molecule has 3 rings (SSSR count). The maximum atomic E-state index is 11.3. The highest BCUT2D eigenvalue weighted by Gasteiger charge is 2.35. The first-order valence-corrected chi connectivity index (χ1v) is 7.57. The second-order valence-corrected chi connectivity index (χ2v) is 6.26. The van der Waals surface area contributed by atoms with Gasteiger partial charge in [0.1, 0.15) is 5.82 Å². The first kappa shape index (κ1) is 14.0. The second-order valence-electron chi connectivity index (χ2n) is 6.26. The maximum Gasteiger partial charge on any atom is 0.303 e. The van der Waals surface area contributed by atoms with Crippen LogP contribution in [0.25, 0.3) is 11.0 Å². The lowest BCUT2D eigenvalue weighted by Crippen LogP contribution is -2.30. The Hall–Kier alpha value is -1.91. The predicted octanol–water partition coefficient (Wildman–Crippen LogP) is 2.94. The Morgan fingerprint density at radius 1 is 1.38 bits per heavy atom. The van der Waals surface area contributed by atoms with Gasteiger partial charge in [-0.1, -0.05) is 19.3 Å². The monoisotopic (exact) mass is 287 g/mol. The number of hydrogen-bond donors (Lipinski definition) is 1. The van der Waals surface area contributed by atoms with Crippen LogP contribution in [0.5, 0.6) is 0 Å². The van der Waals surface area contributed by atoms with Gasteiger partial charge in [0, 0.05) is 19.7 Å². The quantitative estimate of drug-likeness (QED) is 0.938. The fourth-order valence-corrected chi connectivity index (χ4v) is 3.62. The van der Waals surface area contributed by atoms with Gasteiger partial charge >= 0.3 is 5.97 Å². The molecule has 2 heterocycles. The second kappa shape index (κ2) is 5.47. The van der Waals surface area contributed by atoms with Crippen LogP contribution in [-0.4, -0.2) is 25.6 Å². The minimum Gasteiger partial charge on any atom is -0.481 e. The largest absolute Gasteiger partial charge is 0.481 e. The number of carbonyl (C=O) groups is 1. The van der Waals surface area contributed by atoms with Crippen LogP contribution in [-0.2, 0) is 18.3 Å². The molecule has 1 N–H and O–H groups in total. The Bertz CT molecular complexity index is 657. The predicted molar refractivity (Wildman–Crippen MR) is 80.0 cm³/mol. The Morgan fingerprint density at radius 2 is 2.14 bits per heavy atom. The number of aliphatic carboxylic acids is 1. The lowest BCUT2D eigenvalue weighted by molar-refractivity contribution is -0.140. The van der Waals surface area contributed by atoms with Gasteiger partial charge in [0.25, 0.3) is 0 Å². The normalized spacial score (nSPS) is 18.0. The Kier molecular flexibility index (Phi) is 3.66. The van der Waals surface area contributed by atoms with Gasteiger partial charge in [0.2, 0.25) is 0 Å². The number of imidazole rings is 1. The third-order valence-electron chi connectivity index (χ3n) is 4.75. The minimum absolute atomic E-state index is 0.132. The highest BCUT2D eigenvalue weighted by Crippen LogP contribution is 2.42. The summed E-state index contributed by atoms with van der Waals surface area (Å²) in [6.07, 6.45) is 9.98. The van der Waals surface area contributed by atoms with Gasteiger partial charge in [-0.05, 0) is 24.3 Å². The zero-order valence-electron chi connectivity index (χ0n) is 12.4. The van der Waals surface area contributed by atoms with E-state index in [1.165, 1.54) is 6.42 Å². The molecule has 1 aliphatic carbocycles. The van der Waals surface area contributed by atoms with E-state index in [2.05, 4.69) is 14.5 Å². The molecule has 0 aliphatic heterocycles. The standard InChI is InChI=1S/C16H21N3O2/c1-19-13-11-17-8-5-12(13)18-14(19)9-16(10-15(20)21)6-3-2-4-7-16/h5,8,11H,2-4,6-7,9-10H2,1H3,(H,20,21). The molecule has 0 spiro atoms. The van der Waals surface area contributed by atoms with Crippen LogP contribution < -0.4 is 0 Å². The van der Waals surface area contributed by atoms with Crippen LogP contribution in [0.4, 0.5) is 0 Å². The molecule has 1 saturated carbocycles. The molecular formula is C16H21N3O2. The van der Waals surface area contributed by atoms with E-state index >= 15 is 0 Å². The molecule has 1 fully saturated rings. The number of fused-ring (bicyclic) bond motifs is 1. The molecule has 0 bridgehead atoms. The molecule has 112 valence electrons. The molecule has 5 nitrogen and oxygen atoms in total. The van der Waals surface area contributed by atoms with Crippen molar-refractivity contribution in [2.45, 2.75) is 44.9 Å². The summed E-state index contributed by atoms with van der Waals surface area (Å²) in [5.41, 5.74) is 1.81. The van der Waals surface area contributed by atoms with Crippen molar-refractivity contribution in [1.82, 2.24) is 14.5 Å². The lowest BCUT2D eigenvalue weighted by atomic mass is 9.69. The molecule has 2 aromatic heterocycles. The lowest BCUT2D eigenvalue weighted by Gasteiger charge is -2.35. The minimum atomic E-state index is -0.697. The zero-order valence-corrected chi connectivity index (χ0v) is 12.4. The highest BCUT2D eigenvalue weighted by atomic mass is 16.4. The molecule has 0 radical (unpaired) electrons. The number of carboxylic acid groups (broad SMARTS) is 1. The topological polar surface area (TPSA) is 68.0 Å². The van der Waals surface area contributed by atoms with Crippen LogP contribution in [0.2, 0.25) is 0 Å². The summed E-state index contributed by atoms with van der Waals surface area (Å²) >= 11 is 0. The summed E-state index contributed by atoms with van der Waals surface area (Å²) in [5, 5.41) is 9.28. The summed E-state index contributed by atoms with van der Waals surface area (Å²) < 4.78 is 2.06. The SMILES string of the molecule is Cn1c(CC2(CC(=O)O)CCCCC2)nc2ccncc21. The number of hydrogen-bond acceptors (Lipinski definition) is 3. The number of rotatable bonds is 4. The van der Waals surface area contributed by atoms with Gasteiger partial charge in [0.15, 0.2) is 0 Å². The van der Waals surface area contributed by atoms with E-state index in [4.69, 9.17) is 0 Å². The third-order valence-corrected chi connectivity index (χ3v) is 4.75. The van der Waals surface area contributed by atoms with Crippen LogP contribution >= 0.6 is 0 Å². The van der Waals surface area contributed by atoms with Crippen LogP contribution in [0.1, 0.15) is 44.3 Å². The molecule has 21 heavy (non-hydrogen) atoms. The van der Waals surface area contributed by atoms with Gasteiger partial charge in [-0.25, -0.2) is 4.98 Å². The smallest absolute Gasteiger partial charge is 0.303 e. The van der Waals surface area contributed by atoms with E-state index in [1.54, 1.807) is 6.20 Å². The van der Waals surface area contributed by atoms with Crippen molar-refractivity contribution >= 4 is 17.0 Å². The molecule has 0 atom stereocenters. The molecule has 0 aromatic carbocycles. The summed E-state index contributed by atoms with van der Waals surface area (Å²) in [7, 11) is 1.99. The summed E-state index contributed by atoms with van der Waals surface area (Å²) in [5.74, 6) is 0.276. The van der Waals surface area contributed by atoms with Gasteiger partial charge in [-0.3, -0.25) is 9.78 Å². The van der Waals surface area contributed by atoms with Crippen molar-refractivity contribution in [2.24, 2.45) is 12.5 Å². The van der Waals surface area contributed by atoms with Gasteiger partial charge in [0.05, 0.1) is 23.7 Å². The fraction of sp³-hybridized carbons (Fsp3) is 0.562. The number of nitrogens with zero attached hydrogens (tertiary/aromatic N) is 3. The average Bonchev–Trinajstić information content (AvgIpc) is 2.76. The average molecular weight is 287 g/mol. The van der Waals surface area contributed by atoms with Crippen molar-refractivity contribution in [3.63, 3.8) is 0 Å². The Balaban J connectivity index is 1.93.